The molecule has 0 spiro atoms. The van der Waals surface area contributed by atoms with Crippen LogP contribution in [-0.2, 0) is 16.6 Å². The van der Waals surface area contributed by atoms with E-state index in [1.165, 1.54) is 6.26 Å². The number of thioether (sulfide) groups is 1. The number of para-hydroxylation sites is 2. The smallest absolute Gasteiger partial charge is 0.208 e. The van der Waals surface area contributed by atoms with Crippen LogP contribution in [-0.4, -0.2) is 36.5 Å². The number of nitrogens with one attached hydrogen (secondary N) is 1. The Morgan fingerprint density at radius 3 is 2.79 bits per heavy atom. The quantitative estimate of drug-likeness (QED) is 0.651. The van der Waals surface area contributed by atoms with Crippen molar-refractivity contribution < 1.29 is 8.42 Å². The van der Waals surface area contributed by atoms with Crippen LogP contribution in [0.25, 0.3) is 11.0 Å². The Kier molecular flexibility index (Phi) is 4.49. The van der Waals surface area contributed by atoms with Crippen molar-refractivity contribution in [3.8, 4) is 0 Å². The zero-order chi connectivity index (χ0) is 13.9. The van der Waals surface area contributed by atoms with Crippen molar-refractivity contribution in [2.45, 2.75) is 18.6 Å². The second-order valence-corrected chi connectivity index (χ2v) is 7.04. The molecule has 0 saturated heterocycles. The van der Waals surface area contributed by atoms with Crippen LogP contribution in [0.3, 0.4) is 0 Å². The number of hydrogen-bond donors (Lipinski definition) is 1. The van der Waals surface area contributed by atoms with Gasteiger partial charge < -0.3 is 4.57 Å². The van der Waals surface area contributed by atoms with Gasteiger partial charge in [0, 0.05) is 18.8 Å². The summed E-state index contributed by atoms with van der Waals surface area (Å²) in [5.41, 5.74) is 2.09. The lowest BCUT2D eigenvalue weighted by Crippen LogP contribution is -2.24. The Bertz CT molecular complexity index is 665. The topological polar surface area (TPSA) is 64.0 Å². The van der Waals surface area contributed by atoms with E-state index in [4.69, 9.17) is 0 Å². The van der Waals surface area contributed by atoms with Gasteiger partial charge in [0.2, 0.25) is 10.0 Å². The third-order valence-corrected chi connectivity index (χ3v) is 4.34. The standard InChI is InChI=1S/C12H17N3O2S2/c1-3-15-11-7-5-4-6-10(11)14-12(15)18-9-8-13-19(2,16)17/h4-7,13H,3,8-9H2,1-2H3. The van der Waals surface area contributed by atoms with Gasteiger partial charge in [-0.3, -0.25) is 0 Å². The number of nitrogens with zero attached hydrogens (tertiary/aromatic N) is 2. The van der Waals surface area contributed by atoms with E-state index in [1.54, 1.807) is 11.8 Å². The third kappa shape index (κ3) is 3.71. The van der Waals surface area contributed by atoms with Gasteiger partial charge in [-0.1, -0.05) is 23.9 Å². The summed E-state index contributed by atoms with van der Waals surface area (Å²) in [6.45, 7) is 3.34. The van der Waals surface area contributed by atoms with E-state index in [0.29, 0.717) is 12.3 Å². The Balaban J connectivity index is 2.08. The van der Waals surface area contributed by atoms with Crippen molar-refractivity contribution in [3.05, 3.63) is 24.3 Å². The van der Waals surface area contributed by atoms with Crippen LogP contribution in [0.2, 0.25) is 0 Å². The minimum atomic E-state index is -3.11. The molecule has 1 aromatic carbocycles. The Labute approximate surface area is 117 Å². The van der Waals surface area contributed by atoms with Crippen LogP contribution in [0.4, 0.5) is 0 Å². The van der Waals surface area contributed by atoms with Gasteiger partial charge in [0.15, 0.2) is 5.16 Å². The highest BCUT2D eigenvalue weighted by Gasteiger charge is 2.09. The number of rotatable bonds is 6. The molecule has 1 heterocycles. The number of sulfonamides is 1. The average Bonchev–Trinajstić information content (AvgIpc) is 2.71. The van der Waals surface area contributed by atoms with Crippen LogP contribution in [0.5, 0.6) is 0 Å². The lowest BCUT2D eigenvalue weighted by Gasteiger charge is -2.05. The maximum absolute atomic E-state index is 11.0. The zero-order valence-corrected chi connectivity index (χ0v) is 12.6. The van der Waals surface area contributed by atoms with Crippen LogP contribution < -0.4 is 4.72 Å². The molecule has 0 aliphatic carbocycles. The molecular weight excluding hydrogens is 282 g/mol. The summed E-state index contributed by atoms with van der Waals surface area (Å²) >= 11 is 1.56. The molecule has 0 radical (unpaired) electrons. The zero-order valence-electron chi connectivity index (χ0n) is 11.0. The van der Waals surface area contributed by atoms with Crippen LogP contribution in [0, 0.1) is 0 Å². The first-order valence-corrected chi connectivity index (χ1v) is 8.91. The molecule has 104 valence electrons. The molecule has 5 nitrogen and oxygen atoms in total. The van der Waals surface area contributed by atoms with Gasteiger partial charge in [-0.2, -0.15) is 0 Å². The van der Waals surface area contributed by atoms with Crippen LogP contribution in [0.1, 0.15) is 6.92 Å². The summed E-state index contributed by atoms with van der Waals surface area (Å²) in [5.74, 6) is 0.663. The fourth-order valence-electron chi connectivity index (χ4n) is 1.84. The fraction of sp³-hybridized carbons (Fsp3) is 0.417. The van der Waals surface area contributed by atoms with E-state index < -0.39 is 10.0 Å². The molecule has 2 aromatic rings. The number of benzene rings is 1. The van der Waals surface area contributed by atoms with Gasteiger partial charge in [0.25, 0.3) is 0 Å². The van der Waals surface area contributed by atoms with Crippen LogP contribution in [0.15, 0.2) is 29.4 Å². The molecule has 0 bridgehead atoms. The maximum atomic E-state index is 11.0. The number of imidazole rings is 1. The monoisotopic (exact) mass is 299 g/mol. The number of hydrogen-bond acceptors (Lipinski definition) is 4. The number of aromatic nitrogens is 2. The van der Waals surface area contributed by atoms with Gasteiger partial charge in [-0.25, -0.2) is 18.1 Å². The van der Waals surface area contributed by atoms with Gasteiger partial charge in [0.05, 0.1) is 17.3 Å². The molecule has 0 aliphatic rings. The van der Waals surface area contributed by atoms with Crippen molar-refractivity contribution in [1.29, 1.82) is 0 Å². The molecule has 1 aromatic heterocycles. The maximum Gasteiger partial charge on any atom is 0.208 e. The van der Waals surface area contributed by atoms with E-state index >= 15 is 0 Å². The SMILES string of the molecule is CCn1c(SCCNS(C)(=O)=O)nc2ccccc21. The predicted molar refractivity (Wildman–Crippen MR) is 79.0 cm³/mol. The molecule has 0 saturated carbocycles. The first kappa shape index (κ1) is 14.4. The summed E-state index contributed by atoms with van der Waals surface area (Å²) in [6, 6.07) is 8.00. The van der Waals surface area contributed by atoms with Crippen molar-refractivity contribution in [1.82, 2.24) is 14.3 Å². The highest BCUT2D eigenvalue weighted by Crippen LogP contribution is 2.23. The van der Waals surface area contributed by atoms with E-state index in [2.05, 4.69) is 21.2 Å². The molecule has 7 heteroatoms. The molecular formula is C12H17N3O2S2. The lowest BCUT2D eigenvalue weighted by molar-refractivity contribution is 0.590. The molecule has 19 heavy (non-hydrogen) atoms. The summed E-state index contributed by atoms with van der Waals surface area (Å²) in [6.07, 6.45) is 1.17. The van der Waals surface area contributed by atoms with Crippen molar-refractivity contribution in [2.75, 3.05) is 18.6 Å². The normalized spacial score (nSPS) is 12.1. The first-order valence-electron chi connectivity index (χ1n) is 6.04. The Morgan fingerprint density at radius 2 is 2.11 bits per heavy atom. The summed E-state index contributed by atoms with van der Waals surface area (Å²) < 4.78 is 26.5. The molecule has 0 atom stereocenters. The minimum Gasteiger partial charge on any atom is -0.319 e. The highest BCUT2D eigenvalue weighted by atomic mass is 32.2. The average molecular weight is 299 g/mol. The molecule has 1 N–H and O–H groups in total. The molecule has 0 amide bonds. The molecule has 0 fully saturated rings. The second kappa shape index (κ2) is 5.94. The number of fused-ring (bicyclic) bond motifs is 1. The fourth-order valence-corrected chi connectivity index (χ4v) is 3.37. The first-order chi connectivity index (χ1) is 9.01. The molecule has 0 aliphatic heterocycles. The molecule has 2 rings (SSSR count). The highest BCUT2D eigenvalue weighted by molar-refractivity contribution is 7.99. The van der Waals surface area contributed by atoms with Crippen molar-refractivity contribution in [3.63, 3.8) is 0 Å². The Hall–Kier alpha value is -1.05. The van der Waals surface area contributed by atoms with Crippen molar-refractivity contribution in [2.24, 2.45) is 0 Å². The largest absolute Gasteiger partial charge is 0.319 e. The van der Waals surface area contributed by atoms with Gasteiger partial charge in [-0.05, 0) is 19.1 Å². The third-order valence-electron chi connectivity index (χ3n) is 2.63. The summed E-state index contributed by atoms with van der Waals surface area (Å²) in [4.78, 5) is 4.57. The van der Waals surface area contributed by atoms with Gasteiger partial charge >= 0.3 is 0 Å². The van der Waals surface area contributed by atoms with Gasteiger partial charge in [0.1, 0.15) is 0 Å². The Morgan fingerprint density at radius 1 is 1.37 bits per heavy atom. The molecule has 0 unspecified atom stereocenters. The summed E-state index contributed by atoms with van der Waals surface area (Å²) in [5, 5.41) is 0.930. The minimum absolute atomic E-state index is 0.413. The summed E-state index contributed by atoms with van der Waals surface area (Å²) in [7, 11) is -3.11. The second-order valence-electron chi connectivity index (χ2n) is 4.14. The van der Waals surface area contributed by atoms with E-state index in [1.807, 2.05) is 24.3 Å². The van der Waals surface area contributed by atoms with E-state index in [9.17, 15) is 8.42 Å². The van der Waals surface area contributed by atoms with Crippen molar-refractivity contribution >= 4 is 32.8 Å². The number of aryl methyl sites for hydroxylation is 1. The van der Waals surface area contributed by atoms with Gasteiger partial charge in [-0.15, -0.1) is 0 Å². The lowest BCUT2D eigenvalue weighted by atomic mass is 10.3. The van der Waals surface area contributed by atoms with Crippen LogP contribution >= 0.6 is 11.8 Å². The predicted octanol–water partition coefficient (Wildman–Crippen LogP) is 1.70. The van der Waals surface area contributed by atoms with E-state index in [0.717, 1.165) is 22.7 Å². The van der Waals surface area contributed by atoms with E-state index in [-0.39, 0.29) is 0 Å².